The first-order valence-corrected chi connectivity index (χ1v) is 9.27. The number of likely N-dealkylation sites (tertiary alicyclic amines) is 1. The highest BCUT2D eigenvalue weighted by Crippen LogP contribution is 2.30. The summed E-state index contributed by atoms with van der Waals surface area (Å²) in [6.45, 7) is 3.91. The molecule has 0 saturated carbocycles. The van der Waals surface area contributed by atoms with E-state index in [9.17, 15) is 23.1 Å². The molecule has 1 aliphatic rings. The monoisotopic (exact) mass is 339 g/mol. The fourth-order valence-electron chi connectivity index (χ4n) is 2.90. The average molecular weight is 339 g/mol. The van der Waals surface area contributed by atoms with E-state index in [0.29, 0.717) is 24.9 Å². The number of carbonyl (C=O) groups is 2. The van der Waals surface area contributed by atoms with Crippen molar-refractivity contribution in [2.24, 2.45) is 5.41 Å². The Labute approximate surface area is 136 Å². The van der Waals surface area contributed by atoms with Gasteiger partial charge in [-0.25, -0.2) is 8.42 Å². The van der Waals surface area contributed by atoms with Gasteiger partial charge in [0.05, 0.1) is 10.3 Å². The fourth-order valence-corrected chi connectivity index (χ4v) is 3.90. The number of aliphatic carboxylic acids is 1. The zero-order chi connectivity index (χ0) is 17.4. The minimum absolute atomic E-state index is 0.126. The van der Waals surface area contributed by atoms with Crippen LogP contribution in [0.15, 0.2) is 23.1 Å². The van der Waals surface area contributed by atoms with Crippen molar-refractivity contribution in [2.75, 3.05) is 19.3 Å². The van der Waals surface area contributed by atoms with Gasteiger partial charge in [0.15, 0.2) is 9.84 Å². The highest BCUT2D eigenvalue weighted by Gasteiger charge is 2.39. The molecule has 0 bridgehead atoms. The Bertz CT molecular complexity index is 756. The summed E-state index contributed by atoms with van der Waals surface area (Å²) in [5.41, 5.74) is -0.109. The molecular formula is C16H21NO5S. The lowest BCUT2D eigenvalue weighted by molar-refractivity contribution is -0.150. The van der Waals surface area contributed by atoms with Crippen molar-refractivity contribution < 1.29 is 23.1 Å². The van der Waals surface area contributed by atoms with E-state index in [-0.39, 0.29) is 22.9 Å². The van der Waals surface area contributed by atoms with E-state index in [0.717, 1.165) is 6.26 Å². The molecule has 2 rings (SSSR count). The van der Waals surface area contributed by atoms with E-state index in [1.807, 2.05) is 0 Å². The Hall–Kier alpha value is -1.89. The van der Waals surface area contributed by atoms with Crippen molar-refractivity contribution in [1.82, 2.24) is 4.90 Å². The second kappa shape index (κ2) is 5.96. The number of amides is 1. The maximum Gasteiger partial charge on any atom is 0.311 e. The molecule has 1 saturated heterocycles. The molecule has 0 aliphatic carbocycles. The Morgan fingerprint density at radius 1 is 1.30 bits per heavy atom. The van der Waals surface area contributed by atoms with Gasteiger partial charge >= 0.3 is 5.97 Å². The number of carboxylic acid groups (broad SMARTS) is 1. The highest BCUT2D eigenvalue weighted by atomic mass is 32.2. The maximum absolute atomic E-state index is 12.6. The van der Waals surface area contributed by atoms with E-state index in [1.54, 1.807) is 26.0 Å². The van der Waals surface area contributed by atoms with E-state index < -0.39 is 21.2 Å². The van der Waals surface area contributed by atoms with Gasteiger partial charge in [-0.1, -0.05) is 6.07 Å². The number of carboxylic acids is 1. The summed E-state index contributed by atoms with van der Waals surface area (Å²) in [7, 11) is -3.42. The third kappa shape index (κ3) is 3.55. The predicted octanol–water partition coefficient (Wildman–Crippen LogP) is 1.73. The molecule has 1 atom stereocenters. The molecule has 1 N–H and O–H groups in total. The van der Waals surface area contributed by atoms with E-state index in [4.69, 9.17) is 0 Å². The zero-order valence-corrected chi connectivity index (χ0v) is 14.3. The third-order valence-electron chi connectivity index (χ3n) is 4.33. The fraction of sp³-hybridized carbons (Fsp3) is 0.500. The van der Waals surface area contributed by atoms with E-state index in [1.165, 1.54) is 11.0 Å². The first kappa shape index (κ1) is 17.5. The van der Waals surface area contributed by atoms with Gasteiger partial charge in [0.2, 0.25) is 0 Å². The van der Waals surface area contributed by atoms with Gasteiger partial charge in [0, 0.05) is 24.9 Å². The molecule has 126 valence electrons. The maximum atomic E-state index is 12.6. The average Bonchev–Trinajstić information content (AvgIpc) is 2.45. The number of rotatable bonds is 3. The number of benzene rings is 1. The molecule has 0 spiro atoms. The Morgan fingerprint density at radius 3 is 2.52 bits per heavy atom. The summed E-state index contributed by atoms with van der Waals surface area (Å²) >= 11 is 0. The second-order valence-electron chi connectivity index (χ2n) is 6.45. The van der Waals surface area contributed by atoms with Crippen LogP contribution in [0.5, 0.6) is 0 Å². The molecule has 1 amide bonds. The van der Waals surface area contributed by atoms with Crippen LogP contribution in [-0.2, 0) is 14.6 Å². The van der Waals surface area contributed by atoms with Gasteiger partial charge < -0.3 is 10.0 Å². The Morgan fingerprint density at radius 2 is 1.96 bits per heavy atom. The molecule has 1 fully saturated rings. The molecular weight excluding hydrogens is 318 g/mol. The number of nitrogens with zero attached hydrogens (tertiary/aromatic N) is 1. The minimum Gasteiger partial charge on any atom is -0.481 e. The summed E-state index contributed by atoms with van der Waals surface area (Å²) in [6.07, 6.45) is 2.24. The minimum atomic E-state index is -3.42. The molecule has 1 heterocycles. The van der Waals surface area contributed by atoms with Crippen molar-refractivity contribution in [1.29, 1.82) is 0 Å². The molecule has 1 aliphatic heterocycles. The smallest absolute Gasteiger partial charge is 0.311 e. The van der Waals surface area contributed by atoms with Crippen LogP contribution in [0.2, 0.25) is 0 Å². The van der Waals surface area contributed by atoms with Gasteiger partial charge in [0.1, 0.15) is 0 Å². The molecule has 7 heteroatoms. The highest BCUT2D eigenvalue weighted by molar-refractivity contribution is 7.90. The summed E-state index contributed by atoms with van der Waals surface area (Å²) < 4.78 is 23.6. The van der Waals surface area contributed by atoms with Gasteiger partial charge in [-0.2, -0.15) is 0 Å². The van der Waals surface area contributed by atoms with Gasteiger partial charge in [-0.15, -0.1) is 0 Å². The van der Waals surface area contributed by atoms with Gasteiger partial charge in [-0.3, -0.25) is 9.59 Å². The van der Waals surface area contributed by atoms with Crippen LogP contribution in [0.3, 0.4) is 0 Å². The Kier molecular flexibility index (Phi) is 4.52. The third-order valence-corrected chi connectivity index (χ3v) is 5.57. The number of aryl methyl sites for hydroxylation is 1. The van der Waals surface area contributed by atoms with Crippen LogP contribution in [0.4, 0.5) is 0 Å². The molecule has 0 aromatic heterocycles. The molecule has 1 aromatic rings. The number of piperidine rings is 1. The van der Waals surface area contributed by atoms with Crippen molar-refractivity contribution in [2.45, 2.75) is 31.6 Å². The predicted molar refractivity (Wildman–Crippen MR) is 85.2 cm³/mol. The van der Waals surface area contributed by atoms with Crippen molar-refractivity contribution >= 4 is 21.7 Å². The van der Waals surface area contributed by atoms with Crippen LogP contribution in [0, 0.1) is 12.3 Å². The summed E-state index contributed by atoms with van der Waals surface area (Å²) in [6, 6.07) is 4.56. The molecule has 1 unspecified atom stereocenters. The lowest BCUT2D eigenvalue weighted by Crippen LogP contribution is -2.48. The van der Waals surface area contributed by atoms with Crippen LogP contribution < -0.4 is 0 Å². The SMILES string of the molecule is Cc1ccc(C(=O)N2CCCC(C)(C(=O)O)C2)cc1S(C)(=O)=O. The lowest BCUT2D eigenvalue weighted by Gasteiger charge is -2.37. The summed E-state index contributed by atoms with van der Waals surface area (Å²) in [5, 5.41) is 9.34. The number of hydrogen-bond donors (Lipinski definition) is 1. The van der Waals surface area contributed by atoms with Crippen molar-refractivity contribution in [3.05, 3.63) is 29.3 Å². The van der Waals surface area contributed by atoms with E-state index in [2.05, 4.69) is 0 Å². The van der Waals surface area contributed by atoms with Gasteiger partial charge in [0.25, 0.3) is 5.91 Å². The number of hydrogen-bond acceptors (Lipinski definition) is 4. The lowest BCUT2D eigenvalue weighted by atomic mass is 9.82. The Balaban J connectivity index is 2.33. The molecule has 1 aromatic carbocycles. The summed E-state index contributed by atoms with van der Waals surface area (Å²) in [5.74, 6) is -1.25. The summed E-state index contributed by atoms with van der Waals surface area (Å²) in [4.78, 5) is 25.7. The zero-order valence-electron chi connectivity index (χ0n) is 13.5. The van der Waals surface area contributed by atoms with Crippen molar-refractivity contribution in [3.63, 3.8) is 0 Å². The normalized spacial score (nSPS) is 22.0. The van der Waals surface area contributed by atoms with E-state index >= 15 is 0 Å². The topological polar surface area (TPSA) is 91.8 Å². The van der Waals surface area contributed by atoms with Crippen LogP contribution in [-0.4, -0.2) is 49.6 Å². The van der Waals surface area contributed by atoms with Crippen LogP contribution in [0.25, 0.3) is 0 Å². The van der Waals surface area contributed by atoms with Crippen LogP contribution in [0.1, 0.15) is 35.7 Å². The number of sulfone groups is 1. The molecule has 23 heavy (non-hydrogen) atoms. The van der Waals surface area contributed by atoms with Crippen LogP contribution >= 0.6 is 0 Å². The molecule has 0 radical (unpaired) electrons. The van der Waals surface area contributed by atoms with Crippen molar-refractivity contribution in [3.8, 4) is 0 Å². The second-order valence-corrected chi connectivity index (χ2v) is 8.43. The largest absolute Gasteiger partial charge is 0.481 e. The first-order chi connectivity index (χ1) is 10.5. The van der Waals surface area contributed by atoms with Gasteiger partial charge in [-0.05, 0) is 44.4 Å². The quantitative estimate of drug-likeness (QED) is 0.905. The number of carbonyl (C=O) groups excluding carboxylic acids is 1. The first-order valence-electron chi connectivity index (χ1n) is 7.38. The standard InChI is InChI=1S/C16H21NO5S/c1-11-5-6-12(9-13(11)23(3,21)22)14(18)17-8-4-7-16(2,10-17)15(19)20/h5-6,9H,4,7-8,10H2,1-3H3,(H,19,20). The molecule has 6 nitrogen and oxygen atoms in total.